The number of halogens is 1. The molecule has 9 heteroatoms. The molecule has 1 heterocycles. The van der Waals surface area contributed by atoms with Crippen molar-refractivity contribution in [3.63, 3.8) is 0 Å². The molecule has 144 valence electrons. The van der Waals surface area contributed by atoms with Gasteiger partial charge in [0.05, 0.1) is 22.0 Å². The van der Waals surface area contributed by atoms with Gasteiger partial charge in [0.2, 0.25) is 5.91 Å². The van der Waals surface area contributed by atoms with Gasteiger partial charge in [0, 0.05) is 12.1 Å². The minimum absolute atomic E-state index is 0.105. The SMILES string of the molecule is CCn1c(SCC(=O)Nc2ccccc2C(N)=O)nnc1-c1ccccc1Cl. The fraction of sp³-hybridized carbons (Fsp3) is 0.158. The number of carbonyl (C=O) groups excluding carboxylic acids is 2. The van der Waals surface area contributed by atoms with Crippen molar-refractivity contribution < 1.29 is 9.59 Å². The summed E-state index contributed by atoms with van der Waals surface area (Å²) >= 11 is 7.52. The molecule has 3 rings (SSSR count). The van der Waals surface area contributed by atoms with Crippen LogP contribution in [0.4, 0.5) is 5.69 Å². The second-order valence-electron chi connectivity index (χ2n) is 5.78. The van der Waals surface area contributed by atoms with Crippen LogP contribution in [0.3, 0.4) is 0 Å². The Bertz CT molecular complexity index is 1020. The Hall–Kier alpha value is -2.84. The number of amides is 2. The van der Waals surface area contributed by atoms with Gasteiger partial charge >= 0.3 is 0 Å². The maximum absolute atomic E-state index is 12.3. The molecule has 2 amide bonds. The summed E-state index contributed by atoms with van der Waals surface area (Å²) in [5.41, 5.74) is 6.76. The van der Waals surface area contributed by atoms with E-state index in [1.807, 2.05) is 29.7 Å². The highest BCUT2D eigenvalue weighted by Gasteiger charge is 2.17. The number of carbonyl (C=O) groups is 2. The first-order valence-electron chi connectivity index (χ1n) is 8.50. The maximum Gasteiger partial charge on any atom is 0.250 e. The van der Waals surface area contributed by atoms with E-state index in [4.69, 9.17) is 17.3 Å². The molecule has 2 aromatic carbocycles. The van der Waals surface area contributed by atoms with Crippen LogP contribution in [0.1, 0.15) is 17.3 Å². The molecule has 0 aliphatic rings. The Morgan fingerprint density at radius 2 is 1.86 bits per heavy atom. The van der Waals surface area contributed by atoms with E-state index in [9.17, 15) is 9.59 Å². The van der Waals surface area contributed by atoms with Gasteiger partial charge in [0.15, 0.2) is 11.0 Å². The van der Waals surface area contributed by atoms with Gasteiger partial charge in [-0.3, -0.25) is 9.59 Å². The molecule has 0 bridgehead atoms. The van der Waals surface area contributed by atoms with Crippen molar-refractivity contribution in [1.29, 1.82) is 0 Å². The number of thioether (sulfide) groups is 1. The Labute approximate surface area is 171 Å². The van der Waals surface area contributed by atoms with Crippen LogP contribution in [-0.4, -0.2) is 32.3 Å². The van der Waals surface area contributed by atoms with E-state index in [2.05, 4.69) is 15.5 Å². The zero-order chi connectivity index (χ0) is 20.1. The highest BCUT2D eigenvalue weighted by atomic mass is 35.5. The second-order valence-corrected chi connectivity index (χ2v) is 7.13. The average Bonchev–Trinajstić information content (AvgIpc) is 3.09. The van der Waals surface area contributed by atoms with E-state index in [1.54, 1.807) is 30.3 Å². The number of hydrogen-bond acceptors (Lipinski definition) is 5. The van der Waals surface area contributed by atoms with Gasteiger partial charge in [0.25, 0.3) is 5.91 Å². The van der Waals surface area contributed by atoms with Gasteiger partial charge in [-0.05, 0) is 31.2 Å². The molecule has 0 atom stereocenters. The number of aromatic nitrogens is 3. The standard InChI is InChI=1S/C19H18ClN5O2S/c1-2-25-18(12-7-3-5-9-14(12)20)23-24-19(25)28-11-16(26)22-15-10-6-4-8-13(15)17(21)27/h3-10H,2,11H2,1H3,(H2,21,27)(H,22,26). The summed E-state index contributed by atoms with van der Waals surface area (Å²) in [4.78, 5) is 23.8. The van der Waals surface area contributed by atoms with Crippen molar-refractivity contribution in [2.45, 2.75) is 18.6 Å². The smallest absolute Gasteiger partial charge is 0.250 e. The number of benzene rings is 2. The molecule has 0 aliphatic carbocycles. The first-order valence-corrected chi connectivity index (χ1v) is 9.87. The summed E-state index contributed by atoms with van der Waals surface area (Å²) in [6.45, 7) is 2.60. The predicted octanol–water partition coefficient (Wildman–Crippen LogP) is 3.45. The van der Waals surface area contributed by atoms with Crippen LogP contribution in [0, 0.1) is 0 Å². The molecule has 3 aromatic rings. The van der Waals surface area contributed by atoms with E-state index >= 15 is 0 Å². The van der Waals surface area contributed by atoms with Gasteiger partial charge in [-0.15, -0.1) is 10.2 Å². The number of nitrogens with zero attached hydrogens (tertiary/aromatic N) is 3. The Kier molecular flexibility index (Phi) is 6.33. The largest absolute Gasteiger partial charge is 0.366 e. The predicted molar refractivity (Wildman–Crippen MR) is 110 cm³/mol. The highest BCUT2D eigenvalue weighted by Crippen LogP contribution is 2.29. The third-order valence-electron chi connectivity index (χ3n) is 3.95. The fourth-order valence-corrected chi connectivity index (χ4v) is 3.67. The average molecular weight is 416 g/mol. The van der Waals surface area contributed by atoms with E-state index in [-0.39, 0.29) is 17.2 Å². The summed E-state index contributed by atoms with van der Waals surface area (Å²) in [7, 11) is 0. The molecule has 0 saturated carbocycles. The molecule has 1 aromatic heterocycles. The summed E-state index contributed by atoms with van der Waals surface area (Å²) in [5, 5.41) is 12.3. The van der Waals surface area contributed by atoms with Gasteiger partial charge < -0.3 is 15.6 Å². The lowest BCUT2D eigenvalue weighted by atomic mass is 10.1. The second kappa shape index (κ2) is 8.90. The van der Waals surface area contributed by atoms with Gasteiger partial charge in [-0.2, -0.15) is 0 Å². The van der Waals surface area contributed by atoms with Crippen LogP contribution in [-0.2, 0) is 11.3 Å². The van der Waals surface area contributed by atoms with Crippen molar-refractivity contribution in [1.82, 2.24) is 14.8 Å². The molecular formula is C19H18ClN5O2S. The molecule has 0 aliphatic heterocycles. The first kappa shape index (κ1) is 19.9. The molecule has 0 fully saturated rings. The maximum atomic E-state index is 12.3. The first-order chi connectivity index (χ1) is 13.5. The van der Waals surface area contributed by atoms with Gasteiger partial charge in [-0.25, -0.2) is 0 Å². The van der Waals surface area contributed by atoms with Crippen LogP contribution in [0.5, 0.6) is 0 Å². The quantitative estimate of drug-likeness (QED) is 0.575. The molecule has 28 heavy (non-hydrogen) atoms. The Morgan fingerprint density at radius 1 is 1.14 bits per heavy atom. The lowest BCUT2D eigenvalue weighted by Crippen LogP contribution is -2.19. The Morgan fingerprint density at radius 3 is 2.57 bits per heavy atom. The monoisotopic (exact) mass is 415 g/mol. The topological polar surface area (TPSA) is 103 Å². The fourth-order valence-electron chi connectivity index (χ4n) is 2.65. The van der Waals surface area contributed by atoms with Gasteiger partial charge in [-0.1, -0.05) is 47.6 Å². The van der Waals surface area contributed by atoms with Crippen molar-refractivity contribution in [3.8, 4) is 11.4 Å². The molecule has 0 saturated heterocycles. The minimum Gasteiger partial charge on any atom is -0.366 e. The lowest BCUT2D eigenvalue weighted by molar-refractivity contribution is -0.113. The lowest BCUT2D eigenvalue weighted by Gasteiger charge is -2.10. The van der Waals surface area contributed by atoms with Gasteiger partial charge in [0.1, 0.15) is 0 Å². The Balaban J connectivity index is 1.73. The summed E-state index contributed by atoms with van der Waals surface area (Å²) in [6.07, 6.45) is 0. The van der Waals surface area contributed by atoms with E-state index in [0.717, 1.165) is 5.56 Å². The van der Waals surface area contributed by atoms with E-state index < -0.39 is 5.91 Å². The zero-order valence-electron chi connectivity index (χ0n) is 15.1. The third kappa shape index (κ3) is 4.35. The van der Waals surface area contributed by atoms with Crippen molar-refractivity contribution in [2.75, 3.05) is 11.1 Å². The number of primary amides is 1. The van der Waals surface area contributed by atoms with E-state index in [1.165, 1.54) is 11.8 Å². The zero-order valence-corrected chi connectivity index (χ0v) is 16.6. The number of rotatable bonds is 7. The molecule has 0 radical (unpaired) electrons. The van der Waals surface area contributed by atoms with Crippen molar-refractivity contribution >= 4 is 40.9 Å². The normalized spacial score (nSPS) is 10.6. The van der Waals surface area contributed by atoms with Crippen LogP contribution in [0.15, 0.2) is 53.7 Å². The molecular weight excluding hydrogens is 398 g/mol. The number of anilines is 1. The van der Waals surface area contributed by atoms with Crippen molar-refractivity contribution in [2.24, 2.45) is 5.73 Å². The number of para-hydroxylation sites is 1. The number of hydrogen-bond donors (Lipinski definition) is 2. The highest BCUT2D eigenvalue weighted by molar-refractivity contribution is 7.99. The van der Waals surface area contributed by atoms with Crippen molar-refractivity contribution in [3.05, 3.63) is 59.1 Å². The van der Waals surface area contributed by atoms with Crippen LogP contribution >= 0.6 is 23.4 Å². The third-order valence-corrected chi connectivity index (χ3v) is 5.24. The number of nitrogens with two attached hydrogens (primary N) is 1. The summed E-state index contributed by atoms with van der Waals surface area (Å²) in [5.74, 6) is -0.120. The van der Waals surface area contributed by atoms with Crippen LogP contribution in [0.2, 0.25) is 5.02 Å². The molecule has 7 nitrogen and oxygen atoms in total. The van der Waals surface area contributed by atoms with E-state index in [0.29, 0.717) is 28.2 Å². The number of nitrogens with one attached hydrogen (secondary N) is 1. The molecule has 0 spiro atoms. The molecule has 0 unspecified atom stereocenters. The van der Waals surface area contributed by atoms with Crippen LogP contribution in [0.25, 0.3) is 11.4 Å². The van der Waals surface area contributed by atoms with Crippen LogP contribution < -0.4 is 11.1 Å². The molecule has 3 N–H and O–H groups in total. The summed E-state index contributed by atoms with van der Waals surface area (Å²) in [6, 6.07) is 14.0. The summed E-state index contributed by atoms with van der Waals surface area (Å²) < 4.78 is 1.90. The minimum atomic E-state index is -0.598.